The molecule has 0 aliphatic heterocycles. The van der Waals surface area contributed by atoms with Gasteiger partial charge >= 0.3 is 0 Å². The maximum atomic E-state index is 11.1. The van der Waals surface area contributed by atoms with Crippen LogP contribution in [0.2, 0.25) is 0 Å². The van der Waals surface area contributed by atoms with Crippen LogP contribution in [0.25, 0.3) is 0 Å². The molecule has 0 heterocycles. The van der Waals surface area contributed by atoms with Crippen LogP contribution in [0.3, 0.4) is 0 Å². The van der Waals surface area contributed by atoms with Gasteiger partial charge in [0.1, 0.15) is 0 Å². The summed E-state index contributed by atoms with van der Waals surface area (Å²) < 4.78 is 0. The molecule has 0 spiro atoms. The number of rotatable bonds is 1. The quantitative estimate of drug-likeness (QED) is 0.643. The van der Waals surface area contributed by atoms with E-state index in [0.717, 1.165) is 24.8 Å². The molecule has 2 aliphatic rings. The Labute approximate surface area is 77.1 Å². The van der Waals surface area contributed by atoms with Crippen molar-refractivity contribution in [2.45, 2.75) is 38.2 Å². The van der Waals surface area contributed by atoms with Gasteiger partial charge in [0.15, 0.2) is 11.5 Å². The summed E-state index contributed by atoms with van der Waals surface area (Å²) in [5.74, 6) is -0.175. The number of carbonyl (C=O) groups is 1. The lowest BCUT2D eigenvalue weighted by Gasteiger charge is -2.15. The van der Waals surface area contributed by atoms with Gasteiger partial charge in [0.05, 0.1) is 6.10 Å². The molecule has 1 saturated carbocycles. The third-order valence-electron chi connectivity index (χ3n) is 3.12. The van der Waals surface area contributed by atoms with Crippen LogP contribution < -0.4 is 0 Å². The summed E-state index contributed by atoms with van der Waals surface area (Å²) in [4.78, 5) is 11.1. The van der Waals surface area contributed by atoms with E-state index in [9.17, 15) is 15.0 Å². The second-order valence-corrected chi connectivity index (χ2v) is 3.90. The van der Waals surface area contributed by atoms with Crippen molar-refractivity contribution in [3.8, 4) is 0 Å². The molecule has 0 aromatic rings. The van der Waals surface area contributed by atoms with Crippen LogP contribution in [-0.2, 0) is 4.79 Å². The standard InChI is InChI=1S/C10H14O3/c11-8-3-1-2-6(8)7-4-5-9(12)10(7)13/h6,8,11,13H,1-5H2/t6-,8-/m0/s1. The Hall–Kier alpha value is -0.830. The largest absolute Gasteiger partial charge is 0.504 e. The van der Waals surface area contributed by atoms with Crippen LogP contribution in [-0.4, -0.2) is 22.1 Å². The summed E-state index contributed by atoms with van der Waals surface area (Å²) in [6, 6.07) is 0. The highest BCUT2D eigenvalue weighted by atomic mass is 16.3. The number of aliphatic hydroxyl groups excluding tert-OH is 2. The van der Waals surface area contributed by atoms with Gasteiger partial charge in [-0.1, -0.05) is 6.42 Å². The van der Waals surface area contributed by atoms with E-state index in [0.29, 0.717) is 12.8 Å². The summed E-state index contributed by atoms with van der Waals surface area (Å²) in [5, 5.41) is 19.1. The summed E-state index contributed by atoms with van der Waals surface area (Å²) in [6.07, 6.45) is 3.43. The Morgan fingerprint density at radius 3 is 2.46 bits per heavy atom. The molecule has 13 heavy (non-hydrogen) atoms. The average Bonchev–Trinajstić information content (AvgIpc) is 2.62. The van der Waals surface area contributed by atoms with Crippen molar-refractivity contribution in [3.63, 3.8) is 0 Å². The van der Waals surface area contributed by atoms with Gasteiger partial charge in [-0.2, -0.15) is 0 Å². The molecule has 0 unspecified atom stereocenters. The first-order chi connectivity index (χ1) is 6.20. The van der Waals surface area contributed by atoms with Crippen molar-refractivity contribution in [1.82, 2.24) is 0 Å². The van der Waals surface area contributed by atoms with Crippen molar-refractivity contribution in [2.24, 2.45) is 5.92 Å². The fourth-order valence-corrected chi connectivity index (χ4v) is 2.37. The molecule has 2 rings (SSSR count). The first-order valence-corrected chi connectivity index (χ1v) is 4.83. The van der Waals surface area contributed by atoms with E-state index in [4.69, 9.17) is 0 Å². The molecule has 0 amide bonds. The van der Waals surface area contributed by atoms with Crippen LogP contribution in [0.5, 0.6) is 0 Å². The predicted octanol–water partition coefficient (Wildman–Crippen LogP) is 1.32. The first-order valence-electron chi connectivity index (χ1n) is 4.83. The number of Topliss-reactive ketones (excluding diaryl/α,β-unsaturated/α-hetero) is 1. The highest BCUT2D eigenvalue weighted by Crippen LogP contribution is 2.38. The zero-order valence-corrected chi connectivity index (χ0v) is 7.49. The molecule has 2 aliphatic carbocycles. The molecule has 0 aromatic carbocycles. The molecular formula is C10H14O3. The topological polar surface area (TPSA) is 57.5 Å². The van der Waals surface area contributed by atoms with Crippen molar-refractivity contribution in [2.75, 3.05) is 0 Å². The number of allylic oxidation sites excluding steroid dienone is 1. The van der Waals surface area contributed by atoms with Crippen LogP contribution in [0.4, 0.5) is 0 Å². The van der Waals surface area contributed by atoms with Crippen LogP contribution in [0.15, 0.2) is 11.3 Å². The number of hydrogen-bond acceptors (Lipinski definition) is 3. The molecule has 3 nitrogen and oxygen atoms in total. The summed E-state index contributed by atoms with van der Waals surface area (Å²) in [5.41, 5.74) is 0.801. The molecule has 3 heteroatoms. The lowest BCUT2D eigenvalue weighted by atomic mass is 9.94. The van der Waals surface area contributed by atoms with Gasteiger partial charge in [-0.3, -0.25) is 4.79 Å². The molecule has 72 valence electrons. The third kappa shape index (κ3) is 1.37. The van der Waals surface area contributed by atoms with Crippen LogP contribution in [0.1, 0.15) is 32.1 Å². The fraction of sp³-hybridized carbons (Fsp3) is 0.700. The van der Waals surface area contributed by atoms with Gasteiger partial charge in [0, 0.05) is 12.3 Å². The normalized spacial score (nSPS) is 34.7. The monoisotopic (exact) mass is 182 g/mol. The Morgan fingerprint density at radius 1 is 1.23 bits per heavy atom. The Balaban J connectivity index is 2.21. The zero-order valence-electron chi connectivity index (χ0n) is 7.49. The van der Waals surface area contributed by atoms with Crippen molar-refractivity contribution >= 4 is 5.78 Å². The summed E-state index contributed by atoms with van der Waals surface area (Å²) in [7, 11) is 0. The van der Waals surface area contributed by atoms with Crippen LogP contribution >= 0.6 is 0 Å². The number of ketones is 1. The Bertz CT molecular complexity index is 267. The molecule has 1 fully saturated rings. The number of hydrogen-bond donors (Lipinski definition) is 2. The lowest BCUT2D eigenvalue weighted by molar-refractivity contribution is -0.117. The van der Waals surface area contributed by atoms with Gasteiger partial charge in [0.2, 0.25) is 0 Å². The highest BCUT2D eigenvalue weighted by molar-refractivity contribution is 5.96. The van der Waals surface area contributed by atoms with Gasteiger partial charge in [-0.05, 0) is 24.8 Å². The minimum atomic E-state index is -0.344. The van der Waals surface area contributed by atoms with E-state index >= 15 is 0 Å². The van der Waals surface area contributed by atoms with Gasteiger partial charge in [0.25, 0.3) is 0 Å². The van der Waals surface area contributed by atoms with E-state index in [2.05, 4.69) is 0 Å². The van der Waals surface area contributed by atoms with Crippen molar-refractivity contribution < 1.29 is 15.0 Å². The zero-order chi connectivity index (χ0) is 9.42. The van der Waals surface area contributed by atoms with Gasteiger partial charge in [-0.25, -0.2) is 0 Å². The predicted molar refractivity (Wildman–Crippen MR) is 47.2 cm³/mol. The second-order valence-electron chi connectivity index (χ2n) is 3.90. The minimum absolute atomic E-state index is 0.0476. The number of aliphatic hydroxyl groups is 2. The van der Waals surface area contributed by atoms with Gasteiger partial charge < -0.3 is 10.2 Å². The third-order valence-corrected chi connectivity index (χ3v) is 3.12. The molecule has 2 N–H and O–H groups in total. The second kappa shape index (κ2) is 3.14. The maximum absolute atomic E-state index is 11.1. The molecule has 0 aromatic heterocycles. The van der Waals surface area contributed by atoms with E-state index in [1.165, 1.54) is 0 Å². The lowest BCUT2D eigenvalue weighted by Crippen LogP contribution is -2.15. The minimum Gasteiger partial charge on any atom is -0.504 e. The van der Waals surface area contributed by atoms with E-state index in [-0.39, 0.29) is 23.6 Å². The molecule has 0 saturated heterocycles. The maximum Gasteiger partial charge on any atom is 0.197 e. The van der Waals surface area contributed by atoms with Crippen LogP contribution in [0, 0.1) is 5.92 Å². The fourth-order valence-electron chi connectivity index (χ4n) is 2.37. The van der Waals surface area contributed by atoms with E-state index in [1.807, 2.05) is 0 Å². The molecule has 2 atom stereocenters. The van der Waals surface area contributed by atoms with Gasteiger partial charge in [-0.15, -0.1) is 0 Å². The Morgan fingerprint density at radius 2 is 2.00 bits per heavy atom. The summed E-state index contributed by atoms with van der Waals surface area (Å²) in [6.45, 7) is 0. The van der Waals surface area contributed by atoms with Crippen molar-refractivity contribution in [3.05, 3.63) is 11.3 Å². The average molecular weight is 182 g/mol. The molecular weight excluding hydrogens is 168 g/mol. The smallest absolute Gasteiger partial charge is 0.197 e. The molecule has 0 radical (unpaired) electrons. The highest BCUT2D eigenvalue weighted by Gasteiger charge is 2.34. The number of carbonyl (C=O) groups excluding carboxylic acids is 1. The molecule has 0 bridgehead atoms. The SMILES string of the molecule is O=C1CCC([C@@H]2CCC[C@@H]2O)=C1O. The van der Waals surface area contributed by atoms with E-state index < -0.39 is 0 Å². The summed E-state index contributed by atoms with van der Waals surface area (Å²) >= 11 is 0. The van der Waals surface area contributed by atoms with Crippen molar-refractivity contribution in [1.29, 1.82) is 0 Å². The first kappa shape index (κ1) is 8.75. The van der Waals surface area contributed by atoms with E-state index in [1.54, 1.807) is 0 Å². The Kier molecular flexibility index (Phi) is 2.12.